The van der Waals surface area contributed by atoms with Crippen molar-refractivity contribution < 1.29 is 0 Å². The number of nitrogens with two attached hydrogens (primary N) is 1. The molecule has 2 heteroatoms. The van der Waals surface area contributed by atoms with Gasteiger partial charge in [0.2, 0.25) is 0 Å². The summed E-state index contributed by atoms with van der Waals surface area (Å²) in [6.07, 6.45) is 4.24. The highest BCUT2D eigenvalue weighted by Gasteiger charge is 2.38. The maximum absolute atomic E-state index is 6.19. The van der Waals surface area contributed by atoms with Crippen LogP contribution in [0, 0.1) is 23.7 Å². The monoisotopic (exact) mass is 238 g/mol. The fourth-order valence-electron chi connectivity index (χ4n) is 3.87. The van der Waals surface area contributed by atoms with Crippen LogP contribution < -0.4 is 5.73 Å². The predicted molar refractivity (Wildman–Crippen MR) is 73.8 cm³/mol. The van der Waals surface area contributed by atoms with E-state index in [1.54, 1.807) is 0 Å². The van der Waals surface area contributed by atoms with Gasteiger partial charge in [0.15, 0.2) is 0 Å². The Hall–Kier alpha value is -0.0800. The summed E-state index contributed by atoms with van der Waals surface area (Å²) in [6, 6.07) is 1.20. The lowest BCUT2D eigenvalue weighted by Gasteiger charge is -2.42. The number of likely N-dealkylation sites (tertiary alicyclic amines) is 1. The smallest absolute Gasteiger partial charge is 0.0206 e. The van der Waals surface area contributed by atoms with Crippen LogP contribution in [0.1, 0.15) is 47.0 Å². The molecule has 2 aliphatic rings. The Labute approximate surface area is 107 Å². The van der Waals surface area contributed by atoms with Gasteiger partial charge in [-0.2, -0.15) is 0 Å². The lowest BCUT2D eigenvalue weighted by atomic mass is 9.73. The molecule has 1 heterocycles. The van der Waals surface area contributed by atoms with Crippen molar-refractivity contribution in [2.45, 2.75) is 59.0 Å². The average Bonchev–Trinajstić information content (AvgIpc) is 2.58. The molecule has 2 N–H and O–H groups in total. The molecular weight excluding hydrogens is 208 g/mol. The zero-order chi connectivity index (χ0) is 12.6. The first-order valence-corrected chi connectivity index (χ1v) is 7.48. The molecule has 1 aliphatic carbocycles. The summed E-state index contributed by atoms with van der Waals surface area (Å²) in [5.74, 6) is 3.30. The lowest BCUT2D eigenvalue weighted by molar-refractivity contribution is 0.0739. The Morgan fingerprint density at radius 1 is 1.12 bits per heavy atom. The number of rotatable bonds is 2. The minimum Gasteiger partial charge on any atom is -0.326 e. The van der Waals surface area contributed by atoms with Gasteiger partial charge in [0.1, 0.15) is 0 Å². The predicted octanol–water partition coefficient (Wildman–Crippen LogP) is 2.73. The zero-order valence-corrected chi connectivity index (χ0v) is 12.0. The van der Waals surface area contributed by atoms with Crippen LogP contribution >= 0.6 is 0 Å². The molecule has 5 unspecified atom stereocenters. The van der Waals surface area contributed by atoms with E-state index in [9.17, 15) is 0 Å². The summed E-state index contributed by atoms with van der Waals surface area (Å²) in [5.41, 5.74) is 6.19. The van der Waals surface area contributed by atoms with Crippen LogP contribution in [0.5, 0.6) is 0 Å². The first kappa shape index (κ1) is 13.4. The lowest BCUT2D eigenvalue weighted by Crippen LogP contribution is -2.45. The van der Waals surface area contributed by atoms with Gasteiger partial charge in [-0.1, -0.05) is 34.1 Å². The molecule has 17 heavy (non-hydrogen) atoms. The number of nitrogens with zero attached hydrogens (tertiary/aromatic N) is 1. The molecule has 2 fully saturated rings. The van der Waals surface area contributed by atoms with E-state index in [0.717, 1.165) is 30.3 Å². The van der Waals surface area contributed by atoms with Crippen LogP contribution in [-0.2, 0) is 0 Å². The van der Waals surface area contributed by atoms with Crippen molar-refractivity contribution in [2.24, 2.45) is 29.4 Å². The van der Waals surface area contributed by atoms with Gasteiger partial charge < -0.3 is 5.73 Å². The third-order valence-electron chi connectivity index (χ3n) is 5.15. The van der Waals surface area contributed by atoms with Gasteiger partial charge in [0.25, 0.3) is 0 Å². The average molecular weight is 238 g/mol. The molecule has 0 aromatic heterocycles. The van der Waals surface area contributed by atoms with E-state index in [0.29, 0.717) is 12.0 Å². The SMILES string of the molecule is CC1CCC(C(C)C)C(N2CC(C)C(N)C2)C1. The molecule has 100 valence electrons. The highest BCUT2D eigenvalue weighted by atomic mass is 15.2. The summed E-state index contributed by atoms with van der Waals surface area (Å²) >= 11 is 0. The highest BCUT2D eigenvalue weighted by molar-refractivity contribution is 4.93. The Morgan fingerprint density at radius 2 is 1.82 bits per heavy atom. The summed E-state index contributed by atoms with van der Waals surface area (Å²) in [5, 5.41) is 0. The molecule has 0 spiro atoms. The van der Waals surface area contributed by atoms with Crippen molar-refractivity contribution in [3.8, 4) is 0 Å². The maximum atomic E-state index is 6.19. The minimum atomic E-state index is 0.403. The van der Waals surface area contributed by atoms with E-state index in [-0.39, 0.29) is 0 Å². The van der Waals surface area contributed by atoms with Crippen molar-refractivity contribution >= 4 is 0 Å². The highest BCUT2D eigenvalue weighted by Crippen LogP contribution is 2.38. The molecule has 1 saturated heterocycles. The van der Waals surface area contributed by atoms with Crippen molar-refractivity contribution in [3.63, 3.8) is 0 Å². The van der Waals surface area contributed by atoms with Crippen LogP contribution in [-0.4, -0.2) is 30.1 Å². The Morgan fingerprint density at radius 3 is 2.35 bits per heavy atom. The molecule has 1 aliphatic heterocycles. The summed E-state index contributed by atoms with van der Waals surface area (Å²) in [4.78, 5) is 2.70. The van der Waals surface area contributed by atoms with Crippen LogP contribution in [0.15, 0.2) is 0 Å². The van der Waals surface area contributed by atoms with Crippen molar-refractivity contribution in [3.05, 3.63) is 0 Å². The van der Waals surface area contributed by atoms with Gasteiger partial charge in [0.05, 0.1) is 0 Å². The van der Waals surface area contributed by atoms with Gasteiger partial charge >= 0.3 is 0 Å². The summed E-state index contributed by atoms with van der Waals surface area (Å²) in [7, 11) is 0. The fraction of sp³-hybridized carbons (Fsp3) is 1.00. The quantitative estimate of drug-likeness (QED) is 0.801. The molecule has 0 amide bonds. The van der Waals surface area contributed by atoms with Gasteiger partial charge in [-0.15, -0.1) is 0 Å². The molecule has 1 saturated carbocycles. The van der Waals surface area contributed by atoms with Crippen LogP contribution in [0.4, 0.5) is 0 Å². The van der Waals surface area contributed by atoms with Gasteiger partial charge in [-0.25, -0.2) is 0 Å². The maximum Gasteiger partial charge on any atom is 0.0206 e. The molecule has 0 bridgehead atoms. The first-order valence-electron chi connectivity index (χ1n) is 7.48. The Balaban J connectivity index is 2.05. The Kier molecular flexibility index (Phi) is 4.14. The third-order valence-corrected chi connectivity index (χ3v) is 5.15. The summed E-state index contributed by atoms with van der Waals surface area (Å²) < 4.78 is 0. The summed E-state index contributed by atoms with van der Waals surface area (Å²) in [6.45, 7) is 11.9. The van der Waals surface area contributed by atoms with Crippen molar-refractivity contribution in [1.29, 1.82) is 0 Å². The van der Waals surface area contributed by atoms with E-state index in [2.05, 4.69) is 32.6 Å². The van der Waals surface area contributed by atoms with E-state index in [1.807, 2.05) is 0 Å². The third kappa shape index (κ3) is 2.85. The molecule has 2 nitrogen and oxygen atoms in total. The normalized spacial score (nSPS) is 44.5. The molecule has 0 aromatic carbocycles. The van der Waals surface area contributed by atoms with E-state index in [4.69, 9.17) is 5.73 Å². The van der Waals surface area contributed by atoms with Crippen LogP contribution in [0.25, 0.3) is 0 Å². The van der Waals surface area contributed by atoms with E-state index >= 15 is 0 Å². The van der Waals surface area contributed by atoms with Crippen molar-refractivity contribution in [1.82, 2.24) is 4.90 Å². The number of hydrogen-bond donors (Lipinski definition) is 1. The zero-order valence-electron chi connectivity index (χ0n) is 12.0. The second-order valence-corrected chi connectivity index (χ2v) is 6.99. The Bertz CT molecular complexity index is 241. The van der Waals surface area contributed by atoms with Gasteiger partial charge in [-0.3, -0.25) is 4.90 Å². The fourth-order valence-corrected chi connectivity index (χ4v) is 3.87. The first-order chi connectivity index (χ1) is 7.99. The molecule has 5 atom stereocenters. The second-order valence-electron chi connectivity index (χ2n) is 6.99. The van der Waals surface area contributed by atoms with Crippen LogP contribution in [0.3, 0.4) is 0 Å². The second kappa shape index (κ2) is 5.27. The van der Waals surface area contributed by atoms with Gasteiger partial charge in [-0.05, 0) is 36.5 Å². The van der Waals surface area contributed by atoms with Gasteiger partial charge in [0, 0.05) is 25.2 Å². The molecule has 0 radical (unpaired) electrons. The van der Waals surface area contributed by atoms with E-state index in [1.165, 1.54) is 25.8 Å². The van der Waals surface area contributed by atoms with Crippen molar-refractivity contribution in [2.75, 3.05) is 13.1 Å². The molecule has 2 rings (SSSR count). The van der Waals surface area contributed by atoms with E-state index < -0.39 is 0 Å². The molecular formula is C15H30N2. The molecule has 0 aromatic rings. The largest absolute Gasteiger partial charge is 0.326 e. The van der Waals surface area contributed by atoms with Crippen LogP contribution in [0.2, 0.25) is 0 Å². The minimum absolute atomic E-state index is 0.403. The number of hydrogen-bond acceptors (Lipinski definition) is 2. The standard InChI is InChI=1S/C15H30N2/c1-10(2)13-6-5-11(3)7-15(13)17-8-12(4)14(16)9-17/h10-15H,5-9,16H2,1-4H3. The topological polar surface area (TPSA) is 29.3 Å².